The van der Waals surface area contributed by atoms with Crippen LogP contribution in [0.1, 0.15) is 43.1 Å². The average Bonchev–Trinajstić information content (AvgIpc) is 3.61. The number of imide groups is 1. The van der Waals surface area contributed by atoms with E-state index < -0.39 is 47.9 Å². The average molecular weight is 729 g/mol. The number of ether oxygens (including phenoxy) is 1. The van der Waals surface area contributed by atoms with Crippen molar-refractivity contribution in [2.24, 2.45) is 23.7 Å². The molecule has 220 valence electrons. The number of fused-ring (bicyclic) bond motifs is 5. The topological polar surface area (TPSA) is 101 Å². The summed E-state index contributed by atoms with van der Waals surface area (Å²) < 4.78 is 5.43. The Labute approximate surface area is 269 Å². The van der Waals surface area contributed by atoms with E-state index in [1.54, 1.807) is 24.3 Å². The molecular formula is C32H25Br2ClN2O6. The summed E-state index contributed by atoms with van der Waals surface area (Å²) in [7, 11) is 0. The highest BCUT2D eigenvalue weighted by Crippen LogP contribution is 2.60. The van der Waals surface area contributed by atoms with Gasteiger partial charge in [0, 0.05) is 25.8 Å². The third-order valence-electron chi connectivity index (χ3n) is 8.50. The number of aryl methyl sites for hydroxylation is 1. The third-order valence-corrected chi connectivity index (χ3v) is 12.0. The second-order valence-electron chi connectivity index (χ2n) is 11.1. The molecule has 3 amide bonds. The molecule has 3 aromatic carbocycles. The molecule has 0 unspecified atom stereocenters. The van der Waals surface area contributed by atoms with Gasteiger partial charge in [-0.05, 0) is 85.8 Å². The summed E-state index contributed by atoms with van der Waals surface area (Å²) >= 11 is 13.4. The lowest BCUT2D eigenvalue weighted by Gasteiger charge is -2.31. The van der Waals surface area contributed by atoms with Crippen molar-refractivity contribution in [3.63, 3.8) is 0 Å². The Kier molecular flexibility index (Phi) is 8.04. The maximum Gasteiger partial charge on any atom is 0.343 e. The highest BCUT2D eigenvalue weighted by atomic mass is 79.9. The van der Waals surface area contributed by atoms with E-state index in [9.17, 15) is 24.0 Å². The molecule has 8 nitrogen and oxygen atoms in total. The molecule has 2 bridgehead atoms. The second kappa shape index (κ2) is 11.6. The van der Waals surface area contributed by atoms with Crippen molar-refractivity contribution < 1.29 is 28.7 Å². The van der Waals surface area contributed by atoms with Crippen LogP contribution in [0, 0.1) is 30.6 Å². The number of hydrogen-bond donors (Lipinski definition) is 0. The lowest BCUT2D eigenvalue weighted by atomic mass is 9.81. The SMILES string of the molecule is Cc1ccc(C(=O)Oc2ccc(C(=O)CN(C(=O)c3ccc(Cl)cc3)N3C(=O)[C@@H]4[C@H]5C[C@@H]([C@H](Br)[C@H]5Br)[C@H]4C3=O)cc2)cc1. The molecule has 0 N–H and O–H groups in total. The smallest absolute Gasteiger partial charge is 0.343 e. The molecule has 1 saturated heterocycles. The normalized spacial score (nSPS) is 25.5. The number of benzene rings is 3. The van der Waals surface area contributed by atoms with Crippen LogP contribution in [-0.2, 0) is 9.59 Å². The van der Waals surface area contributed by atoms with Crippen LogP contribution in [0.15, 0.2) is 72.8 Å². The number of alkyl halides is 2. The van der Waals surface area contributed by atoms with Crippen molar-refractivity contribution in [2.45, 2.75) is 23.0 Å². The summed E-state index contributed by atoms with van der Waals surface area (Å²) in [6.07, 6.45) is 0.734. The molecule has 6 atom stereocenters. The van der Waals surface area contributed by atoms with Crippen LogP contribution in [0.25, 0.3) is 0 Å². The zero-order valence-corrected chi connectivity index (χ0v) is 26.7. The van der Waals surface area contributed by atoms with Gasteiger partial charge in [-0.2, -0.15) is 5.01 Å². The molecule has 11 heteroatoms. The summed E-state index contributed by atoms with van der Waals surface area (Å²) in [5.41, 5.74) is 1.78. The Morgan fingerprint density at radius 1 is 0.814 bits per heavy atom. The second-order valence-corrected chi connectivity index (χ2v) is 13.6. The lowest BCUT2D eigenvalue weighted by molar-refractivity contribution is -0.154. The van der Waals surface area contributed by atoms with Crippen LogP contribution < -0.4 is 4.74 Å². The van der Waals surface area contributed by atoms with Gasteiger partial charge in [0.25, 0.3) is 17.7 Å². The van der Waals surface area contributed by atoms with Crippen molar-refractivity contribution in [1.82, 2.24) is 10.0 Å². The summed E-state index contributed by atoms with van der Waals surface area (Å²) in [5, 5.41) is 2.24. The highest BCUT2D eigenvalue weighted by molar-refractivity contribution is 9.12. The molecule has 3 fully saturated rings. The molecular weight excluding hydrogens is 704 g/mol. The molecule has 3 aliphatic rings. The Morgan fingerprint density at radius 2 is 1.33 bits per heavy atom. The molecule has 43 heavy (non-hydrogen) atoms. The number of carbonyl (C=O) groups excluding carboxylic acids is 5. The van der Waals surface area contributed by atoms with E-state index in [0.717, 1.165) is 22.0 Å². The number of esters is 1. The minimum atomic E-state index is -0.673. The first-order valence-electron chi connectivity index (χ1n) is 13.7. The van der Waals surface area contributed by atoms with Gasteiger partial charge in [0.2, 0.25) is 0 Å². The number of halogens is 3. The van der Waals surface area contributed by atoms with Crippen LogP contribution in [0.2, 0.25) is 5.02 Å². The monoisotopic (exact) mass is 726 g/mol. The Hall–Kier alpha value is -3.34. The lowest BCUT2D eigenvalue weighted by Crippen LogP contribution is -2.52. The molecule has 3 aromatic rings. The van der Waals surface area contributed by atoms with Crippen molar-refractivity contribution in [3.8, 4) is 5.75 Å². The fraction of sp³-hybridized carbons (Fsp3) is 0.281. The van der Waals surface area contributed by atoms with Crippen molar-refractivity contribution in [3.05, 3.63) is 100 Å². The van der Waals surface area contributed by atoms with Gasteiger partial charge in [-0.1, -0.05) is 61.2 Å². The van der Waals surface area contributed by atoms with Crippen LogP contribution in [-0.4, -0.2) is 55.7 Å². The van der Waals surface area contributed by atoms with Gasteiger partial charge in [-0.3, -0.25) is 19.2 Å². The summed E-state index contributed by atoms with van der Waals surface area (Å²) in [5.74, 6) is -3.66. The maximum atomic E-state index is 13.8. The molecule has 0 spiro atoms. The van der Waals surface area contributed by atoms with Crippen LogP contribution in [0.4, 0.5) is 0 Å². The predicted molar refractivity (Wildman–Crippen MR) is 165 cm³/mol. The zero-order chi connectivity index (χ0) is 30.6. The predicted octanol–water partition coefficient (Wildman–Crippen LogP) is 5.89. The van der Waals surface area contributed by atoms with Crippen molar-refractivity contribution >= 4 is 72.9 Å². The quantitative estimate of drug-likeness (QED) is 0.0991. The Morgan fingerprint density at radius 3 is 1.88 bits per heavy atom. The first-order valence-corrected chi connectivity index (χ1v) is 15.9. The molecule has 0 radical (unpaired) electrons. The van der Waals surface area contributed by atoms with Gasteiger partial charge in [0.15, 0.2) is 5.78 Å². The number of carbonyl (C=O) groups is 5. The number of amides is 3. The first-order chi connectivity index (χ1) is 20.5. The summed E-state index contributed by atoms with van der Waals surface area (Å²) in [6.45, 7) is 1.36. The van der Waals surface area contributed by atoms with Crippen molar-refractivity contribution in [2.75, 3.05) is 6.54 Å². The standard InChI is InChI=1S/C32H25Br2ClN2O6/c1-16-2-4-19(5-3-16)32(42)43-21-12-8-17(9-13-21)24(38)15-36(29(39)18-6-10-20(35)11-7-18)37-30(40)25-22-14-23(26(25)31(37)41)28(34)27(22)33/h2-13,22-23,25-28H,14-15H2,1H3/t22-,23-,25-,26-,27+,28+/m1/s1. The van der Waals surface area contributed by atoms with Gasteiger partial charge in [-0.15, -0.1) is 0 Å². The fourth-order valence-corrected chi connectivity index (χ4v) is 8.34. The van der Waals surface area contributed by atoms with E-state index in [0.29, 0.717) is 10.6 Å². The summed E-state index contributed by atoms with van der Waals surface area (Å²) in [6, 6.07) is 18.9. The molecule has 2 aliphatic carbocycles. The van der Waals surface area contributed by atoms with Crippen LogP contribution >= 0.6 is 43.5 Å². The minimum Gasteiger partial charge on any atom is -0.423 e. The zero-order valence-electron chi connectivity index (χ0n) is 22.8. The third kappa shape index (κ3) is 5.34. The Bertz CT molecular complexity index is 1600. The van der Waals surface area contributed by atoms with E-state index >= 15 is 0 Å². The largest absolute Gasteiger partial charge is 0.423 e. The Balaban J connectivity index is 1.24. The van der Waals surface area contributed by atoms with Gasteiger partial charge in [-0.25, -0.2) is 9.80 Å². The van der Waals surface area contributed by atoms with Gasteiger partial charge in [0.1, 0.15) is 12.3 Å². The number of nitrogens with zero attached hydrogens (tertiary/aromatic N) is 2. The molecule has 1 heterocycles. The number of rotatable bonds is 7. The van der Waals surface area contributed by atoms with E-state index in [1.807, 2.05) is 6.92 Å². The first kappa shape index (κ1) is 29.7. The van der Waals surface area contributed by atoms with E-state index in [1.165, 1.54) is 48.5 Å². The molecule has 2 saturated carbocycles. The van der Waals surface area contributed by atoms with Crippen LogP contribution in [0.3, 0.4) is 0 Å². The van der Waals surface area contributed by atoms with Gasteiger partial charge < -0.3 is 4.74 Å². The summed E-state index contributed by atoms with van der Waals surface area (Å²) in [4.78, 5) is 67.3. The fourth-order valence-electron chi connectivity index (χ4n) is 6.34. The number of hydrogen-bond acceptors (Lipinski definition) is 6. The molecule has 6 rings (SSSR count). The number of ketones is 1. The number of hydrazine groups is 1. The highest BCUT2D eigenvalue weighted by Gasteiger charge is 2.67. The van der Waals surface area contributed by atoms with Gasteiger partial charge in [0.05, 0.1) is 17.4 Å². The van der Waals surface area contributed by atoms with Crippen molar-refractivity contribution in [1.29, 1.82) is 0 Å². The minimum absolute atomic E-state index is 0.0242. The van der Waals surface area contributed by atoms with Crippen LogP contribution in [0.5, 0.6) is 5.75 Å². The van der Waals surface area contributed by atoms with E-state index in [-0.39, 0.29) is 38.4 Å². The van der Waals surface area contributed by atoms with E-state index in [2.05, 4.69) is 31.9 Å². The maximum absolute atomic E-state index is 13.8. The molecule has 0 aromatic heterocycles. The molecule has 1 aliphatic heterocycles. The number of Topliss-reactive ketones (excluding diaryl/α,β-unsaturated/α-hetero) is 1. The van der Waals surface area contributed by atoms with Gasteiger partial charge >= 0.3 is 5.97 Å². The van der Waals surface area contributed by atoms with E-state index in [4.69, 9.17) is 16.3 Å².